The van der Waals surface area contributed by atoms with Gasteiger partial charge in [0, 0.05) is 47.4 Å². The highest BCUT2D eigenvalue weighted by atomic mass is 19.4. The average molecular weight is 520 g/mol. The van der Waals surface area contributed by atoms with E-state index in [1.807, 2.05) is 6.92 Å². The van der Waals surface area contributed by atoms with Gasteiger partial charge in [-0.1, -0.05) is 6.92 Å². The molecule has 0 fully saturated rings. The number of hydrazine groups is 1. The summed E-state index contributed by atoms with van der Waals surface area (Å²) in [5.41, 5.74) is 7.91. The summed E-state index contributed by atoms with van der Waals surface area (Å²) >= 11 is 0. The van der Waals surface area contributed by atoms with Gasteiger partial charge in [0.2, 0.25) is 5.82 Å². The minimum absolute atomic E-state index is 0.0437. The number of nitrogens with one attached hydrogen (secondary N) is 1. The fourth-order valence-corrected chi connectivity index (χ4v) is 3.54. The van der Waals surface area contributed by atoms with E-state index < -0.39 is 29.6 Å². The van der Waals surface area contributed by atoms with E-state index in [0.717, 1.165) is 35.9 Å². The van der Waals surface area contributed by atoms with Crippen molar-refractivity contribution >= 4 is 24.6 Å². The zero-order valence-electron chi connectivity index (χ0n) is 19.5. The Kier molecular flexibility index (Phi) is 8.12. The van der Waals surface area contributed by atoms with Gasteiger partial charge in [-0.05, 0) is 36.3 Å². The number of benzene rings is 1. The lowest BCUT2D eigenvalue weighted by atomic mass is 9.98. The fraction of sp³-hybridized carbons (Fsp3) is 0.174. The summed E-state index contributed by atoms with van der Waals surface area (Å²) in [6, 6.07) is 4.77. The monoisotopic (exact) mass is 520 g/mol. The highest BCUT2D eigenvalue weighted by molar-refractivity contribution is 6.04. The summed E-state index contributed by atoms with van der Waals surface area (Å²) in [5, 5.41) is 6.42. The SMILES string of the molecule is C=N/C(=C\N(N)c1ccc(F)c(F)c1)C(CC)c1cc(-c2cnc(C(F)(F)F)nc2)c(C(N)=NC=[NH2+])[nH]1. The van der Waals surface area contributed by atoms with E-state index in [2.05, 4.69) is 31.7 Å². The van der Waals surface area contributed by atoms with Gasteiger partial charge < -0.3 is 10.7 Å². The second kappa shape index (κ2) is 11.1. The Balaban J connectivity index is 2.07. The van der Waals surface area contributed by atoms with Crippen LogP contribution in [0.2, 0.25) is 0 Å². The molecule has 1 aromatic carbocycles. The molecule has 0 saturated carbocycles. The van der Waals surface area contributed by atoms with Crippen molar-refractivity contribution in [3.8, 4) is 11.1 Å². The van der Waals surface area contributed by atoms with Crippen LogP contribution in [0.4, 0.5) is 27.6 Å². The summed E-state index contributed by atoms with van der Waals surface area (Å²) in [6.07, 6.45) is 0.133. The van der Waals surface area contributed by atoms with Gasteiger partial charge in [0.15, 0.2) is 11.6 Å². The van der Waals surface area contributed by atoms with Crippen molar-refractivity contribution in [2.45, 2.75) is 25.4 Å². The number of H-pyrrole nitrogens is 1. The first-order chi connectivity index (χ1) is 17.5. The normalized spacial score (nSPS) is 13.4. The largest absolute Gasteiger partial charge is 0.451 e. The Morgan fingerprint density at radius 3 is 2.43 bits per heavy atom. The van der Waals surface area contributed by atoms with E-state index in [0.29, 0.717) is 23.4 Å². The number of aliphatic imine (C=N–C) groups is 2. The Morgan fingerprint density at radius 2 is 1.89 bits per heavy atom. The molecule has 0 aliphatic carbocycles. The van der Waals surface area contributed by atoms with Crippen LogP contribution in [0.15, 0.2) is 58.5 Å². The summed E-state index contributed by atoms with van der Waals surface area (Å²) in [6.45, 7) is 5.42. The molecule has 0 amide bonds. The minimum atomic E-state index is -4.70. The van der Waals surface area contributed by atoms with Crippen LogP contribution in [0.1, 0.15) is 36.5 Å². The number of hydrogen-bond acceptors (Lipinski definition) is 5. The predicted octanol–water partition coefficient (Wildman–Crippen LogP) is 2.68. The molecule has 2 aromatic heterocycles. The molecule has 0 bridgehead atoms. The number of nitrogens with two attached hydrogens (primary N) is 3. The Hall–Kier alpha value is -4.46. The first kappa shape index (κ1) is 27.1. The standard InChI is InChI=1S/C23H22F5N9/c1-3-14(19(32-2)10-37(31)13-4-5-16(24)17(25)6-13)18-7-15(20(36-18)21(30)35-11-29)12-8-33-22(34-9-12)23(26,27)28/h4-11,14,36H,2-3,31H2,1H3,(H3,29,30,35)/p+1/b19-10-. The van der Waals surface area contributed by atoms with Crippen LogP contribution < -0.4 is 22.0 Å². The third kappa shape index (κ3) is 6.03. The highest BCUT2D eigenvalue weighted by Crippen LogP contribution is 2.34. The van der Waals surface area contributed by atoms with Gasteiger partial charge in [0.05, 0.1) is 11.4 Å². The van der Waals surface area contributed by atoms with Crippen molar-refractivity contribution in [1.82, 2.24) is 15.0 Å². The number of hydrogen-bond donors (Lipinski definition) is 4. The number of allylic oxidation sites excluding steroid dienone is 1. The molecule has 2 heterocycles. The van der Waals surface area contributed by atoms with Crippen molar-refractivity contribution in [2.24, 2.45) is 21.6 Å². The molecule has 14 heteroatoms. The fourth-order valence-electron chi connectivity index (χ4n) is 3.54. The molecule has 0 radical (unpaired) electrons. The molecule has 1 atom stereocenters. The Morgan fingerprint density at radius 1 is 1.22 bits per heavy atom. The number of halogens is 5. The number of aromatic amines is 1. The molecule has 0 spiro atoms. The summed E-state index contributed by atoms with van der Waals surface area (Å²) in [4.78, 5) is 17.8. The molecule has 1 unspecified atom stereocenters. The maximum Gasteiger partial charge on any atom is 0.451 e. The molecule has 7 N–H and O–H groups in total. The van der Waals surface area contributed by atoms with Gasteiger partial charge in [-0.2, -0.15) is 13.2 Å². The number of nitrogens with zero attached hydrogens (tertiary/aromatic N) is 5. The van der Waals surface area contributed by atoms with Gasteiger partial charge >= 0.3 is 6.18 Å². The van der Waals surface area contributed by atoms with Gasteiger partial charge in [0.25, 0.3) is 12.2 Å². The molecule has 3 rings (SSSR count). The predicted molar refractivity (Wildman–Crippen MR) is 129 cm³/mol. The second-order valence-electron chi connectivity index (χ2n) is 7.65. The Bertz CT molecular complexity index is 1340. The zero-order chi connectivity index (χ0) is 27.3. The minimum Gasteiger partial charge on any atom is -0.361 e. The summed E-state index contributed by atoms with van der Waals surface area (Å²) in [5.74, 6) is 2.11. The van der Waals surface area contributed by atoms with E-state index in [1.165, 1.54) is 12.3 Å². The van der Waals surface area contributed by atoms with Crippen LogP contribution in [0.5, 0.6) is 0 Å². The maximum absolute atomic E-state index is 13.7. The van der Waals surface area contributed by atoms with E-state index in [-0.39, 0.29) is 22.8 Å². The smallest absolute Gasteiger partial charge is 0.361 e. The van der Waals surface area contributed by atoms with E-state index in [9.17, 15) is 22.0 Å². The number of amidine groups is 1. The third-order valence-electron chi connectivity index (χ3n) is 5.32. The van der Waals surface area contributed by atoms with E-state index in [4.69, 9.17) is 17.0 Å². The molecule has 0 saturated heterocycles. The Labute approximate surface area is 208 Å². The number of aromatic nitrogens is 3. The van der Waals surface area contributed by atoms with Gasteiger partial charge in [-0.3, -0.25) is 15.4 Å². The van der Waals surface area contributed by atoms with Crippen LogP contribution in [-0.4, -0.2) is 33.8 Å². The number of alkyl halides is 3. The zero-order valence-corrected chi connectivity index (χ0v) is 19.5. The van der Waals surface area contributed by atoms with Gasteiger partial charge in [-0.15, -0.1) is 0 Å². The summed E-state index contributed by atoms with van der Waals surface area (Å²) in [7, 11) is 0. The molecule has 3 aromatic rings. The summed E-state index contributed by atoms with van der Waals surface area (Å²) < 4.78 is 65.7. The molecular weight excluding hydrogens is 497 g/mol. The van der Waals surface area contributed by atoms with E-state index in [1.54, 1.807) is 6.07 Å². The quantitative estimate of drug-likeness (QED) is 0.113. The molecule has 194 valence electrons. The molecule has 37 heavy (non-hydrogen) atoms. The first-order valence-electron chi connectivity index (χ1n) is 10.7. The third-order valence-corrected chi connectivity index (χ3v) is 5.32. The highest BCUT2D eigenvalue weighted by Gasteiger charge is 2.34. The molecule has 0 aliphatic heterocycles. The van der Waals surface area contributed by atoms with Crippen molar-refractivity contribution in [3.05, 3.63) is 77.4 Å². The van der Waals surface area contributed by atoms with Crippen LogP contribution >= 0.6 is 0 Å². The van der Waals surface area contributed by atoms with Crippen molar-refractivity contribution in [3.63, 3.8) is 0 Å². The van der Waals surface area contributed by atoms with Crippen molar-refractivity contribution < 1.29 is 27.4 Å². The lowest BCUT2D eigenvalue weighted by molar-refractivity contribution is -0.145. The van der Waals surface area contributed by atoms with Crippen LogP contribution in [0.25, 0.3) is 11.1 Å². The maximum atomic E-state index is 13.7. The van der Waals surface area contributed by atoms with Crippen molar-refractivity contribution in [1.29, 1.82) is 0 Å². The van der Waals surface area contributed by atoms with Crippen molar-refractivity contribution in [2.75, 3.05) is 5.01 Å². The van der Waals surface area contributed by atoms with Crippen LogP contribution in [0, 0.1) is 11.6 Å². The second-order valence-corrected chi connectivity index (χ2v) is 7.65. The van der Waals surface area contributed by atoms with Crippen LogP contribution in [0.3, 0.4) is 0 Å². The average Bonchev–Trinajstić information content (AvgIpc) is 3.30. The number of anilines is 1. The molecule has 0 aliphatic rings. The van der Waals surface area contributed by atoms with Gasteiger partial charge in [0.1, 0.15) is 5.69 Å². The molecular formula is C23H23F5N9+. The first-order valence-corrected chi connectivity index (χ1v) is 10.7. The van der Waals surface area contributed by atoms with Gasteiger partial charge in [-0.25, -0.2) is 24.6 Å². The topological polar surface area (TPSA) is 147 Å². The molecule has 9 nitrogen and oxygen atoms in total. The lowest BCUT2D eigenvalue weighted by Crippen LogP contribution is -2.30. The van der Waals surface area contributed by atoms with Crippen LogP contribution in [-0.2, 0) is 6.18 Å². The van der Waals surface area contributed by atoms with E-state index >= 15 is 0 Å². The lowest BCUT2D eigenvalue weighted by Gasteiger charge is -2.19. The number of rotatable bonds is 9.